The molecule has 0 aliphatic heterocycles. The maximum Gasteiger partial charge on any atom is 0.418 e. The predicted octanol–water partition coefficient (Wildman–Crippen LogP) is 7.25. The van der Waals surface area contributed by atoms with Gasteiger partial charge < -0.3 is 29.6 Å². The van der Waals surface area contributed by atoms with Crippen molar-refractivity contribution in [2.24, 2.45) is 0 Å². The molecule has 2 N–H and O–H groups in total. The van der Waals surface area contributed by atoms with Crippen molar-refractivity contribution < 1.29 is 38.1 Å². The van der Waals surface area contributed by atoms with Crippen molar-refractivity contribution in [2.45, 2.75) is 64.8 Å². The second kappa shape index (κ2) is 22.5. The van der Waals surface area contributed by atoms with E-state index in [1.165, 1.54) is 26.4 Å². The van der Waals surface area contributed by atoms with Crippen LogP contribution >= 0.6 is 23.2 Å². The molecule has 0 aliphatic carbocycles. The Bertz CT molecular complexity index is 1940. The molecule has 0 aliphatic rings. The lowest BCUT2D eigenvalue weighted by molar-refractivity contribution is -0.174. The SMILES string of the molecule is COC(=O)C=C(C)c1ccc(CC(C)NCC(OC(=O)C(=O)OC(CNC(C)Cc2ccc(C(C)=CC(=O)OC)cc2)c2cccc(Cl)n2)c2cccc(Cl)n2)cc1. The molecule has 0 spiro atoms. The van der Waals surface area contributed by atoms with Crippen LogP contribution in [0.4, 0.5) is 0 Å². The normalized spacial score (nSPS) is 13.8. The van der Waals surface area contributed by atoms with E-state index in [2.05, 4.69) is 20.6 Å². The largest absolute Gasteiger partial charge is 0.466 e. The van der Waals surface area contributed by atoms with Crippen LogP contribution in [0.5, 0.6) is 0 Å². The lowest BCUT2D eigenvalue weighted by Gasteiger charge is -2.23. The Morgan fingerprint density at radius 3 is 1.29 bits per heavy atom. The van der Waals surface area contributed by atoms with Gasteiger partial charge in [0.25, 0.3) is 0 Å². The standard InChI is InChI=1S/C44H48Cl2N4O8/c1-27(21-41(51)55-5)33-17-13-31(14-18-33)23-29(3)47-25-37(35-9-7-11-39(45)49-35)57-43(53)44(54)58-38(36-10-8-12-40(46)50-36)26-48-30(4)24-32-15-19-34(20-16-32)28(2)22-42(52)56-6/h7-22,29-30,37-38,47-48H,23-26H2,1-6H3. The molecule has 4 atom stereocenters. The Hall–Kier alpha value is -5.40. The molecular weight excluding hydrogens is 783 g/mol. The smallest absolute Gasteiger partial charge is 0.418 e. The predicted molar refractivity (Wildman–Crippen MR) is 223 cm³/mol. The number of nitrogens with one attached hydrogen (secondary N) is 2. The van der Waals surface area contributed by atoms with Gasteiger partial charge in [-0.1, -0.05) is 83.9 Å². The first-order valence-electron chi connectivity index (χ1n) is 18.6. The minimum Gasteiger partial charge on any atom is -0.466 e. The van der Waals surface area contributed by atoms with Crippen molar-refractivity contribution in [3.8, 4) is 0 Å². The van der Waals surface area contributed by atoms with Gasteiger partial charge in [-0.2, -0.15) is 0 Å². The monoisotopic (exact) mass is 830 g/mol. The number of nitrogens with zero attached hydrogens (tertiary/aromatic N) is 2. The molecule has 2 aromatic heterocycles. The number of benzene rings is 2. The van der Waals surface area contributed by atoms with E-state index in [0.29, 0.717) is 24.2 Å². The third kappa shape index (κ3) is 14.5. The molecule has 0 fully saturated rings. The Balaban J connectivity index is 1.40. The number of aromatic nitrogens is 2. The van der Waals surface area contributed by atoms with Crippen LogP contribution in [-0.4, -0.2) is 73.2 Å². The van der Waals surface area contributed by atoms with E-state index in [-0.39, 0.29) is 35.5 Å². The van der Waals surface area contributed by atoms with Gasteiger partial charge in [0.05, 0.1) is 25.6 Å². The molecule has 58 heavy (non-hydrogen) atoms. The van der Waals surface area contributed by atoms with Gasteiger partial charge in [-0.15, -0.1) is 0 Å². The van der Waals surface area contributed by atoms with E-state index in [1.807, 2.05) is 76.2 Å². The van der Waals surface area contributed by atoms with Crippen molar-refractivity contribution >= 4 is 58.2 Å². The lowest BCUT2D eigenvalue weighted by atomic mass is 10.0. The van der Waals surface area contributed by atoms with Crippen LogP contribution in [0.3, 0.4) is 0 Å². The first kappa shape index (κ1) is 45.3. The summed E-state index contributed by atoms with van der Waals surface area (Å²) in [5.41, 5.74) is 6.11. The highest BCUT2D eigenvalue weighted by molar-refractivity contribution is 6.30. The van der Waals surface area contributed by atoms with Gasteiger partial charge in [0.2, 0.25) is 0 Å². The average molecular weight is 832 g/mol. The summed E-state index contributed by atoms with van der Waals surface area (Å²) < 4.78 is 20.9. The number of methoxy groups -OCH3 is 2. The fraction of sp³-hybridized carbons (Fsp3) is 0.318. The van der Waals surface area contributed by atoms with Crippen LogP contribution in [-0.2, 0) is 51.0 Å². The lowest BCUT2D eigenvalue weighted by Crippen LogP contribution is -2.37. The maximum atomic E-state index is 13.4. The van der Waals surface area contributed by atoms with Crippen LogP contribution in [0, 0.1) is 0 Å². The second-order valence-electron chi connectivity index (χ2n) is 13.7. The fourth-order valence-electron chi connectivity index (χ4n) is 5.89. The van der Waals surface area contributed by atoms with Crippen molar-refractivity contribution in [1.29, 1.82) is 0 Å². The number of rotatable bonds is 18. The van der Waals surface area contributed by atoms with Gasteiger partial charge >= 0.3 is 23.9 Å². The molecule has 4 aromatic rings. The molecule has 0 amide bonds. The minimum atomic E-state index is -1.22. The second-order valence-corrected chi connectivity index (χ2v) is 14.5. The maximum absolute atomic E-state index is 13.4. The van der Waals surface area contributed by atoms with E-state index in [4.69, 9.17) is 42.1 Å². The van der Waals surface area contributed by atoms with E-state index >= 15 is 0 Å². The number of halogens is 2. The van der Waals surface area contributed by atoms with E-state index in [9.17, 15) is 19.2 Å². The topological polar surface area (TPSA) is 155 Å². The molecular formula is C44H48Cl2N4O8. The van der Waals surface area contributed by atoms with Crippen LogP contribution < -0.4 is 10.6 Å². The molecule has 0 saturated carbocycles. The Labute approximate surface area is 348 Å². The van der Waals surface area contributed by atoms with Gasteiger partial charge in [-0.05, 0) is 98.2 Å². The molecule has 0 saturated heterocycles. The number of carbonyl (C=O) groups is 4. The van der Waals surface area contributed by atoms with Gasteiger partial charge in [0.1, 0.15) is 10.3 Å². The zero-order chi connectivity index (χ0) is 42.2. The molecule has 12 nitrogen and oxygen atoms in total. The minimum absolute atomic E-state index is 0.0818. The average Bonchev–Trinajstić information content (AvgIpc) is 3.21. The molecule has 14 heteroatoms. The summed E-state index contributed by atoms with van der Waals surface area (Å²) in [7, 11) is 2.67. The molecule has 306 valence electrons. The fourth-order valence-corrected chi connectivity index (χ4v) is 6.23. The highest BCUT2D eigenvalue weighted by Crippen LogP contribution is 2.22. The summed E-state index contributed by atoms with van der Waals surface area (Å²) in [6, 6.07) is 25.3. The molecule has 0 bridgehead atoms. The quantitative estimate of drug-likeness (QED) is 0.0341. The third-order valence-electron chi connectivity index (χ3n) is 9.08. The van der Waals surface area contributed by atoms with Gasteiger partial charge in [0.15, 0.2) is 12.2 Å². The van der Waals surface area contributed by atoms with E-state index < -0.39 is 36.1 Å². The zero-order valence-corrected chi connectivity index (χ0v) is 34.8. The summed E-state index contributed by atoms with van der Waals surface area (Å²) in [6.07, 6.45) is 2.16. The van der Waals surface area contributed by atoms with Crippen molar-refractivity contribution in [2.75, 3.05) is 27.3 Å². The first-order valence-corrected chi connectivity index (χ1v) is 19.3. The summed E-state index contributed by atoms with van der Waals surface area (Å²) in [6.45, 7) is 7.87. The third-order valence-corrected chi connectivity index (χ3v) is 9.50. The van der Waals surface area contributed by atoms with Gasteiger partial charge in [-0.25, -0.2) is 29.1 Å². The number of allylic oxidation sites excluding steroid dienone is 2. The molecule has 4 unspecified atom stereocenters. The summed E-state index contributed by atoms with van der Waals surface area (Å²) in [4.78, 5) is 58.7. The van der Waals surface area contributed by atoms with Crippen molar-refractivity contribution in [3.05, 3.63) is 141 Å². The number of hydrogen-bond acceptors (Lipinski definition) is 12. The number of carbonyl (C=O) groups excluding carboxylic acids is 4. The summed E-state index contributed by atoms with van der Waals surface area (Å²) in [5, 5.41) is 7.12. The van der Waals surface area contributed by atoms with Crippen LogP contribution in [0.15, 0.2) is 97.1 Å². The number of ether oxygens (including phenoxy) is 4. The van der Waals surface area contributed by atoms with Crippen molar-refractivity contribution in [3.63, 3.8) is 0 Å². The van der Waals surface area contributed by atoms with Crippen molar-refractivity contribution in [1.82, 2.24) is 20.6 Å². The van der Waals surface area contributed by atoms with Gasteiger partial charge in [-0.3, -0.25) is 0 Å². The van der Waals surface area contributed by atoms with E-state index in [0.717, 1.165) is 33.4 Å². The van der Waals surface area contributed by atoms with Crippen LogP contribution in [0.1, 0.15) is 73.5 Å². The van der Waals surface area contributed by atoms with Crippen LogP contribution in [0.2, 0.25) is 10.3 Å². The highest BCUT2D eigenvalue weighted by Gasteiger charge is 2.29. The number of pyridine rings is 2. The Morgan fingerprint density at radius 1 is 0.603 bits per heavy atom. The summed E-state index contributed by atoms with van der Waals surface area (Å²) in [5.74, 6) is -3.28. The highest BCUT2D eigenvalue weighted by atomic mass is 35.5. The Kier molecular flexibility index (Phi) is 17.6. The zero-order valence-electron chi connectivity index (χ0n) is 33.3. The Morgan fingerprint density at radius 2 is 0.966 bits per heavy atom. The number of esters is 4. The van der Waals surface area contributed by atoms with Gasteiger partial charge in [0, 0.05) is 37.3 Å². The molecule has 4 rings (SSSR count). The molecule has 0 radical (unpaired) electrons. The number of hydrogen-bond donors (Lipinski definition) is 2. The van der Waals surface area contributed by atoms with E-state index in [1.54, 1.807) is 36.4 Å². The summed E-state index contributed by atoms with van der Waals surface area (Å²) >= 11 is 12.4. The molecule has 2 heterocycles. The first-order chi connectivity index (χ1) is 27.7. The van der Waals surface area contributed by atoms with Crippen LogP contribution in [0.25, 0.3) is 11.1 Å². The molecule has 2 aromatic carbocycles.